The highest BCUT2D eigenvalue weighted by atomic mass is 35.6. The van der Waals surface area contributed by atoms with Gasteiger partial charge in [0, 0.05) is 0 Å². The van der Waals surface area contributed by atoms with Crippen LogP contribution in [0.5, 0.6) is 0 Å². The molecule has 0 unspecified atom stereocenters. The number of nitrogens with one attached hydrogen (secondary N) is 1. The van der Waals surface area contributed by atoms with Crippen molar-refractivity contribution in [1.29, 1.82) is 0 Å². The minimum absolute atomic E-state index is 0.0182. The Balaban J connectivity index is 2.45. The van der Waals surface area contributed by atoms with Crippen LogP contribution in [0.3, 0.4) is 0 Å². The molecule has 1 amide bonds. The first-order valence-corrected chi connectivity index (χ1v) is 6.59. The molecule has 106 valence electrons. The van der Waals surface area contributed by atoms with E-state index >= 15 is 0 Å². The van der Waals surface area contributed by atoms with Crippen LogP contribution in [0.2, 0.25) is 0 Å². The van der Waals surface area contributed by atoms with Gasteiger partial charge in [0.15, 0.2) is 0 Å². The summed E-state index contributed by atoms with van der Waals surface area (Å²) >= 11 is 16.3. The summed E-state index contributed by atoms with van der Waals surface area (Å²) in [5, 5.41) is 12.6. The number of alkyl halides is 3. The molecule has 0 aliphatic heterocycles. The second-order valence-electron chi connectivity index (χ2n) is 4.18. The Morgan fingerprint density at radius 1 is 1.32 bits per heavy atom. The van der Waals surface area contributed by atoms with Crippen molar-refractivity contribution < 1.29 is 14.6 Å². The number of rotatable bonds is 4. The highest BCUT2D eigenvalue weighted by molar-refractivity contribution is 6.67. The van der Waals surface area contributed by atoms with Crippen molar-refractivity contribution in [3.05, 3.63) is 35.9 Å². The first-order valence-electron chi connectivity index (χ1n) is 5.46. The van der Waals surface area contributed by atoms with Crippen molar-refractivity contribution >= 4 is 40.9 Å². The molecule has 1 atom stereocenters. The summed E-state index contributed by atoms with van der Waals surface area (Å²) in [5.41, 5.74) is -0.531. The lowest BCUT2D eigenvalue weighted by Gasteiger charge is -2.24. The second kappa shape index (κ2) is 6.66. The van der Waals surface area contributed by atoms with Crippen LogP contribution in [0.15, 0.2) is 30.3 Å². The van der Waals surface area contributed by atoms with Crippen molar-refractivity contribution in [2.45, 2.75) is 16.3 Å². The predicted molar refractivity (Wildman–Crippen MR) is 75.7 cm³/mol. The Morgan fingerprint density at radius 3 is 2.42 bits per heavy atom. The van der Waals surface area contributed by atoms with Crippen LogP contribution in [0.4, 0.5) is 4.79 Å². The number of carbonyl (C=O) groups is 1. The van der Waals surface area contributed by atoms with E-state index in [-0.39, 0.29) is 13.2 Å². The van der Waals surface area contributed by atoms with Gasteiger partial charge in [-0.3, -0.25) is 0 Å². The summed E-state index contributed by atoms with van der Waals surface area (Å²) < 4.78 is 3.03. The Labute approximate surface area is 126 Å². The molecule has 0 radical (unpaired) electrons. The molecule has 1 aromatic carbocycles. The molecule has 19 heavy (non-hydrogen) atoms. The predicted octanol–water partition coefficient (Wildman–Crippen LogP) is 2.99. The Morgan fingerprint density at radius 2 is 1.89 bits per heavy atom. The molecule has 2 N–H and O–H groups in total. The van der Waals surface area contributed by atoms with Gasteiger partial charge in [0.2, 0.25) is 3.79 Å². The number of alkyl carbamates (subject to hydrolysis) is 1. The Hall–Kier alpha value is -0.680. The number of benzene rings is 1. The highest BCUT2D eigenvalue weighted by Crippen LogP contribution is 2.26. The van der Waals surface area contributed by atoms with E-state index in [9.17, 15) is 9.90 Å². The highest BCUT2D eigenvalue weighted by Gasteiger charge is 2.25. The lowest BCUT2D eigenvalue weighted by atomic mass is 9.96. The summed E-state index contributed by atoms with van der Waals surface area (Å²) in [5.74, 6) is 0. The molecule has 0 aliphatic rings. The normalized spacial score (nSPS) is 14.6. The van der Waals surface area contributed by atoms with Gasteiger partial charge in [-0.25, -0.2) is 4.79 Å². The first kappa shape index (κ1) is 16.4. The molecule has 0 aromatic heterocycles. The van der Waals surface area contributed by atoms with E-state index in [4.69, 9.17) is 34.8 Å². The molecule has 7 heteroatoms. The Bertz CT molecular complexity index is 418. The van der Waals surface area contributed by atoms with E-state index in [1.165, 1.54) is 0 Å². The summed E-state index contributed by atoms with van der Waals surface area (Å²) in [6.45, 7) is 1.20. The van der Waals surface area contributed by atoms with Gasteiger partial charge in [0.05, 0.1) is 6.54 Å². The van der Waals surface area contributed by atoms with Crippen LogP contribution < -0.4 is 5.32 Å². The van der Waals surface area contributed by atoms with Gasteiger partial charge < -0.3 is 15.2 Å². The Kier molecular flexibility index (Phi) is 5.74. The van der Waals surface area contributed by atoms with Crippen LogP contribution in [-0.4, -0.2) is 28.1 Å². The maximum absolute atomic E-state index is 11.3. The van der Waals surface area contributed by atoms with Crippen molar-refractivity contribution in [3.63, 3.8) is 0 Å². The molecule has 0 aliphatic carbocycles. The van der Waals surface area contributed by atoms with Gasteiger partial charge in [0.1, 0.15) is 12.2 Å². The maximum atomic E-state index is 11.3. The van der Waals surface area contributed by atoms with Crippen LogP contribution in [-0.2, 0) is 10.3 Å². The third-order valence-corrected chi connectivity index (χ3v) is 2.67. The van der Waals surface area contributed by atoms with E-state index < -0.39 is 15.5 Å². The average Bonchev–Trinajstić information content (AvgIpc) is 2.34. The van der Waals surface area contributed by atoms with Crippen LogP contribution in [0.25, 0.3) is 0 Å². The van der Waals surface area contributed by atoms with Crippen molar-refractivity contribution in [2.24, 2.45) is 0 Å². The molecule has 0 saturated carbocycles. The number of aliphatic hydroxyl groups is 1. The van der Waals surface area contributed by atoms with Crippen molar-refractivity contribution in [2.75, 3.05) is 13.2 Å². The minimum Gasteiger partial charge on any atom is -0.445 e. The fraction of sp³-hybridized carbons (Fsp3) is 0.417. The van der Waals surface area contributed by atoms with Gasteiger partial charge in [-0.15, -0.1) is 0 Å². The summed E-state index contributed by atoms with van der Waals surface area (Å²) in [7, 11) is 0. The number of carbonyl (C=O) groups excluding carboxylic acids is 1. The van der Waals surface area contributed by atoms with Crippen LogP contribution in [0, 0.1) is 0 Å². The average molecular weight is 327 g/mol. The third kappa shape index (κ3) is 6.34. The fourth-order valence-electron chi connectivity index (χ4n) is 1.34. The molecule has 0 saturated heterocycles. The molecule has 1 rings (SSSR count). The topological polar surface area (TPSA) is 58.6 Å². The largest absolute Gasteiger partial charge is 0.445 e. The fourth-order valence-corrected chi connectivity index (χ4v) is 1.51. The monoisotopic (exact) mass is 325 g/mol. The molecule has 1 aromatic rings. The molecule has 0 heterocycles. The van der Waals surface area contributed by atoms with E-state index in [1.54, 1.807) is 31.2 Å². The summed E-state index contributed by atoms with van der Waals surface area (Å²) in [6.07, 6.45) is -0.762. The van der Waals surface area contributed by atoms with Gasteiger partial charge in [-0.2, -0.15) is 0 Å². The van der Waals surface area contributed by atoms with Crippen LogP contribution in [0.1, 0.15) is 12.5 Å². The van der Waals surface area contributed by atoms with Gasteiger partial charge in [-0.05, 0) is 12.5 Å². The molecule has 0 bridgehead atoms. The number of ether oxygens (including phenoxy) is 1. The second-order valence-corrected chi connectivity index (χ2v) is 6.70. The lowest BCUT2D eigenvalue weighted by molar-refractivity contribution is 0.0537. The number of halogens is 3. The lowest BCUT2D eigenvalue weighted by Crippen LogP contribution is -2.39. The number of hydrogen-bond acceptors (Lipinski definition) is 3. The van der Waals surface area contributed by atoms with Gasteiger partial charge in [-0.1, -0.05) is 65.1 Å². The quantitative estimate of drug-likeness (QED) is 0.836. The molecule has 0 spiro atoms. The smallest absolute Gasteiger partial charge is 0.407 e. The molecular formula is C12H14Cl3NO3. The van der Waals surface area contributed by atoms with Crippen LogP contribution >= 0.6 is 34.8 Å². The summed E-state index contributed by atoms with van der Waals surface area (Å²) in [4.78, 5) is 11.3. The minimum atomic E-state index is -1.65. The first-order chi connectivity index (χ1) is 8.71. The van der Waals surface area contributed by atoms with Crippen molar-refractivity contribution in [1.82, 2.24) is 5.32 Å². The number of hydrogen-bond donors (Lipinski definition) is 2. The molecule has 4 nitrogen and oxygen atoms in total. The van der Waals surface area contributed by atoms with Crippen molar-refractivity contribution in [3.8, 4) is 0 Å². The summed E-state index contributed by atoms with van der Waals surface area (Å²) in [6, 6.07) is 8.95. The van der Waals surface area contributed by atoms with Gasteiger partial charge >= 0.3 is 6.09 Å². The molecular weight excluding hydrogens is 312 g/mol. The zero-order valence-corrected chi connectivity index (χ0v) is 12.5. The molecule has 0 fully saturated rings. The zero-order valence-electron chi connectivity index (χ0n) is 10.2. The maximum Gasteiger partial charge on any atom is 0.407 e. The van der Waals surface area contributed by atoms with E-state index in [1.807, 2.05) is 6.07 Å². The SMILES string of the molecule is C[C@@](O)(CNC(=O)OCC(Cl)(Cl)Cl)c1ccccc1. The van der Waals surface area contributed by atoms with Gasteiger partial charge in [0.25, 0.3) is 0 Å². The van der Waals surface area contributed by atoms with E-state index in [0.717, 1.165) is 0 Å². The third-order valence-electron chi connectivity index (χ3n) is 2.34. The zero-order chi connectivity index (χ0) is 14.5. The van der Waals surface area contributed by atoms with E-state index in [0.29, 0.717) is 5.56 Å². The standard InChI is InChI=1S/C12H14Cl3NO3/c1-11(18,9-5-3-2-4-6-9)7-16-10(17)19-8-12(13,14)15/h2-6,18H,7-8H2,1H3,(H,16,17)/t11-/m1/s1. The number of amides is 1. The van der Waals surface area contributed by atoms with E-state index in [2.05, 4.69) is 10.1 Å².